The Kier molecular flexibility index (Phi) is 2.19. The summed E-state index contributed by atoms with van der Waals surface area (Å²) in [4.78, 5) is 0. The Morgan fingerprint density at radius 1 is 1.42 bits per heavy atom. The average Bonchev–Trinajstić information content (AvgIpc) is 2.62. The lowest BCUT2D eigenvalue weighted by molar-refractivity contribution is -0.0301. The molecule has 2 heterocycles. The third kappa shape index (κ3) is 1.69. The number of rotatable bonds is 2. The highest BCUT2D eigenvalue weighted by molar-refractivity contribution is 7.48. The normalized spacial score (nSPS) is 32.2. The minimum atomic E-state index is -3.28. The van der Waals surface area contributed by atoms with E-state index in [1.807, 2.05) is 0 Å². The van der Waals surface area contributed by atoms with Gasteiger partial charge in [0.15, 0.2) is 0 Å². The first-order valence-electron chi connectivity index (χ1n) is 3.66. The van der Waals surface area contributed by atoms with Gasteiger partial charge in [-0.05, 0) is 6.08 Å². The second kappa shape index (κ2) is 3.18. The van der Waals surface area contributed by atoms with E-state index in [1.54, 1.807) is 6.08 Å². The summed E-state index contributed by atoms with van der Waals surface area (Å²) in [5, 5.41) is 0. The van der Waals surface area contributed by atoms with Crippen LogP contribution in [0.15, 0.2) is 12.3 Å². The van der Waals surface area contributed by atoms with Gasteiger partial charge in [0.25, 0.3) is 0 Å². The third-order valence-corrected chi connectivity index (χ3v) is 2.97. The Labute approximate surface area is 69.9 Å². The average molecular weight is 192 g/mol. The summed E-state index contributed by atoms with van der Waals surface area (Å²) in [7, 11) is -3.28. The molecule has 0 aromatic rings. The van der Waals surface area contributed by atoms with E-state index in [0.717, 1.165) is 0 Å². The molecule has 0 aromatic carbocycles. The summed E-state index contributed by atoms with van der Waals surface area (Å²) in [6.07, 6.45) is 3.35. The summed E-state index contributed by atoms with van der Waals surface area (Å²) < 4.78 is 30.9. The number of phosphoric acid groups is 1. The molecule has 1 atom stereocenters. The van der Waals surface area contributed by atoms with Crippen LogP contribution >= 0.6 is 7.82 Å². The lowest BCUT2D eigenvalue weighted by atomic mass is 10.4. The molecular weight excluding hydrogens is 183 g/mol. The van der Waals surface area contributed by atoms with Crippen molar-refractivity contribution in [3.8, 4) is 0 Å². The number of ether oxygens (including phenoxy) is 1. The summed E-state index contributed by atoms with van der Waals surface area (Å²) in [5.74, 6) is 0. The van der Waals surface area contributed by atoms with Gasteiger partial charge in [0.05, 0.1) is 19.5 Å². The van der Waals surface area contributed by atoms with Crippen molar-refractivity contribution in [2.75, 3.05) is 13.2 Å². The standard InChI is InChI=1S/C6H9O5P/c7-12(9-4-5-10-12)11-6-2-1-3-8-6/h1,3,6H,2,4-5H2. The van der Waals surface area contributed by atoms with Gasteiger partial charge in [0.1, 0.15) is 0 Å². The predicted molar refractivity (Wildman–Crippen MR) is 39.2 cm³/mol. The van der Waals surface area contributed by atoms with Crippen molar-refractivity contribution >= 4 is 7.82 Å². The first kappa shape index (κ1) is 8.26. The molecular formula is C6H9O5P. The maximum atomic E-state index is 11.4. The molecule has 0 spiro atoms. The number of hydrogen-bond acceptors (Lipinski definition) is 5. The zero-order valence-corrected chi connectivity index (χ0v) is 7.24. The van der Waals surface area contributed by atoms with Crippen LogP contribution in [0.3, 0.4) is 0 Å². The molecule has 1 fully saturated rings. The molecule has 0 aromatic heterocycles. The highest BCUT2D eigenvalue weighted by Gasteiger charge is 2.36. The molecule has 0 saturated carbocycles. The van der Waals surface area contributed by atoms with Gasteiger partial charge in [-0.25, -0.2) is 9.09 Å². The molecule has 68 valence electrons. The van der Waals surface area contributed by atoms with Gasteiger partial charge in [0, 0.05) is 6.42 Å². The topological polar surface area (TPSA) is 54.0 Å². The summed E-state index contributed by atoms with van der Waals surface area (Å²) in [6, 6.07) is 0. The molecule has 0 bridgehead atoms. The van der Waals surface area contributed by atoms with E-state index in [-0.39, 0.29) is 0 Å². The molecule has 5 nitrogen and oxygen atoms in total. The molecule has 0 amide bonds. The highest BCUT2D eigenvalue weighted by Crippen LogP contribution is 2.54. The molecule has 0 radical (unpaired) electrons. The third-order valence-electron chi connectivity index (χ3n) is 1.48. The van der Waals surface area contributed by atoms with Crippen LogP contribution in [0.25, 0.3) is 0 Å². The highest BCUT2D eigenvalue weighted by atomic mass is 31.2. The molecule has 12 heavy (non-hydrogen) atoms. The van der Waals surface area contributed by atoms with Crippen LogP contribution in [0.5, 0.6) is 0 Å². The minimum Gasteiger partial charge on any atom is -0.472 e. The summed E-state index contributed by atoms with van der Waals surface area (Å²) in [6.45, 7) is 0.634. The van der Waals surface area contributed by atoms with Crippen LogP contribution in [-0.4, -0.2) is 19.5 Å². The molecule has 2 rings (SSSR count). The fourth-order valence-electron chi connectivity index (χ4n) is 0.974. The molecule has 6 heteroatoms. The lowest BCUT2D eigenvalue weighted by Gasteiger charge is -2.14. The number of phosphoric ester groups is 1. The van der Waals surface area contributed by atoms with Gasteiger partial charge in [-0.2, -0.15) is 0 Å². The fourth-order valence-corrected chi connectivity index (χ4v) is 2.19. The lowest BCUT2D eigenvalue weighted by Crippen LogP contribution is -2.08. The van der Waals surface area contributed by atoms with E-state index >= 15 is 0 Å². The molecule has 2 aliphatic heterocycles. The van der Waals surface area contributed by atoms with Crippen LogP contribution in [-0.2, 0) is 22.9 Å². The van der Waals surface area contributed by atoms with E-state index in [9.17, 15) is 4.57 Å². The van der Waals surface area contributed by atoms with Crippen LogP contribution in [0.1, 0.15) is 6.42 Å². The van der Waals surface area contributed by atoms with Crippen LogP contribution < -0.4 is 0 Å². The molecule has 1 unspecified atom stereocenters. The Hall–Kier alpha value is -0.350. The van der Waals surface area contributed by atoms with Gasteiger partial charge in [-0.3, -0.25) is 9.05 Å². The summed E-state index contributed by atoms with van der Waals surface area (Å²) in [5.41, 5.74) is 0. The van der Waals surface area contributed by atoms with Crippen LogP contribution in [0, 0.1) is 0 Å². The van der Waals surface area contributed by atoms with Gasteiger partial charge in [-0.1, -0.05) is 0 Å². The van der Waals surface area contributed by atoms with E-state index in [4.69, 9.17) is 18.3 Å². The smallest absolute Gasteiger partial charge is 0.472 e. The monoisotopic (exact) mass is 192 g/mol. The Bertz CT molecular complexity index is 220. The van der Waals surface area contributed by atoms with Crippen molar-refractivity contribution in [3.63, 3.8) is 0 Å². The van der Waals surface area contributed by atoms with E-state index < -0.39 is 14.1 Å². The zero-order valence-electron chi connectivity index (χ0n) is 6.34. The van der Waals surface area contributed by atoms with Gasteiger partial charge >= 0.3 is 7.82 Å². The predicted octanol–water partition coefficient (Wildman–Crippen LogP) is 1.42. The SMILES string of the molecule is O=P1(OC2CC=CO2)OCCO1. The zero-order chi connectivity index (χ0) is 8.44. The van der Waals surface area contributed by atoms with Gasteiger partial charge in [0.2, 0.25) is 6.29 Å². The first-order valence-corrected chi connectivity index (χ1v) is 5.13. The molecule has 0 aliphatic carbocycles. The quantitative estimate of drug-likeness (QED) is 0.619. The second-order valence-corrected chi connectivity index (χ2v) is 4.01. The van der Waals surface area contributed by atoms with E-state index in [1.165, 1.54) is 6.26 Å². The van der Waals surface area contributed by atoms with Gasteiger partial charge < -0.3 is 4.74 Å². The van der Waals surface area contributed by atoms with Crippen LogP contribution in [0.2, 0.25) is 0 Å². The Morgan fingerprint density at radius 2 is 2.17 bits per heavy atom. The van der Waals surface area contributed by atoms with Crippen molar-refractivity contribution in [3.05, 3.63) is 12.3 Å². The maximum absolute atomic E-state index is 11.4. The van der Waals surface area contributed by atoms with Crippen molar-refractivity contribution in [1.29, 1.82) is 0 Å². The Morgan fingerprint density at radius 3 is 2.75 bits per heavy atom. The van der Waals surface area contributed by atoms with Crippen molar-refractivity contribution in [2.24, 2.45) is 0 Å². The second-order valence-electron chi connectivity index (χ2n) is 2.39. The number of hydrogen-bond donors (Lipinski definition) is 0. The van der Waals surface area contributed by atoms with Crippen molar-refractivity contribution in [1.82, 2.24) is 0 Å². The summed E-state index contributed by atoms with van der Waals surface area (Å²) >= 11 is 0. The largest absolute Gasteiger partial charge is 0.478 e. The fraction of sp³-hybridized carbons (Fsp3) is 0.667. The maximum Gasteiger partial charge on any atom is 0.478 e. The van der Waals surface area contributed by atoms with Crippen LogP contribution in [0.4, 0.5) is 0 Å². The van der Waals surface area contributed by atoms with E-state index in [0.29, 0.717) is 19.6 Å². The Balaban J connectivity index is 1.89. The molecule has 1 saturated heterocycles. The molecule has 2 aliphatic rings. The molecule has 0 N–H and O–H groups in total. The first-order chi connectivity index (χ1) is 5.79. The minimum absolute atomic E-state index is 0.317. The van der Waals surface area contributed by atoms with Gasteiger partial charge in [-0.15, -0.1) is 0 Å². The van der Waals surface area contributed by atoms with E-state index in [2.05, 4.69) is 0 Å². The van der Waals surface area contributed by atoms with Crippen molar-refractivity contribution < 1.29 is 22.9 Å². The van der Waals surface area contributed by atoms with Crippen molar-refractivity contribution in [2.45, 2.75) is 12.7 Å².